The first-order valence-electron chi connectivity index (χ1n) is 15.2. The van der Waals surface area contributed by atoms with Crippen LogP contribution in [0.15, 0.2) is 102 Å². The quantitative estimate of drug-likeness (QED) is 0.141. The molecule has 0 aromatic heterocycles. The van der Waals surface area contributed by atoms with Crippen LogP contribution in [0.4, 0.5) is 5.69 Å². The summed E-state index contributed by atoms with van der Waals surface area (Å²) in [5.74, 6) is -0.934. The van der Waals surface area contributed by atoms with Gasteiger partial charge in [-0.15, -0.1) is 0 Å². The standard InChI is InChI=1S/C36H39Cl2N3O4S/c1-4-5-22-39-36(43)34(23-28-10-7-6-8-11-28)40(24-31-32(37)12-9-13-33(31)38)35(42)25-41(29-18-14-26(2)15-19-29)46(44,45)30-20-16-27(3)17-21-30/h6-21,34H,4-5,22-25H2,1-3H3,(H,39,43). The molecule has 0 aliphatic heterocycles. The Bertz CT molecular complexity index is 1710. The van der Waals surface area contributed by atoms with Gasteiger partial charge < -0.3 is 10.2 Å². The molecule has 0 saturated heterocycles. The summed E-state index contributed by atoms with van der Waals surface area (Å²) in [6.45, 7) is 5.56. The maximum absolute atomic E-state index is 14.6. The van der Waals surface area contributed by atoms with E-state index in [1.54, 1.807) is 54.6 Å². The Labute approximate surface area is 282 Å². The van der Waals surface area contributed by atoms with Gasteiger partial charge in [-0.2, -0.15) is 0 Å². The highest BCUT2D eigenvalue weighted by molar-refractivity contribution is 7.92. The zero-order valence-electron chi connectivity index (χ0n) is 26.2. The van der Waals surface area contributed by atoms with Crippen molar-refractivity contribution in [1.82, 2.24) is 10.2 Å². The fourth-order valence-electron chi connectivity index (χ4n) is 4.99. The number of benzene rings is 4. The molecule has 4 rings (SSSR count). The van der Waals surface area contributed by atoms with Gasteiger partial charge in [-0.05, 0) is 62.2 Å². The Morgan fingerprint density at radius 3 is 1.98 bits per heavy atom. The first-order valence-corrected chi connectivity index (χ1v) is 17.4. The fourth-order valence-corrected chi connectivity index (χ4v) is 6.92. The number of carbonyl (C=O) groups is 2. The molecule has 0 aliphatic rings. The highest BCUT2D eigenvalue weighted by Gasteiger charge is 2.35. The molecule has 0 aliphatic carbocycles. The molecule has 46 heavy (non-hydrogen) atoms. The minimum absolute atomic E-state index is 0.0466. The van der Waals surface area contributed by atoms with Gasteiger partial charge in [-0.25, -0.2) is 8.42 Å². The van der Waals surface area contributed by atoms with E-state index in [0.29, 0.717) is 27.8 Å². The smallest absolute Gasteiger partial charge is 0.264 e. The third kappa shape index (κ3) is 8.90. The van der Waals surface area contributed by atoms with Crippen LogP contribution in [0.2, 0.25) is 10.0 Å². The van der Waals surface area contributed by atoms with Gasteiger partial charge in [0.05, 0.1) is 10.6 Å². The number of anilines is 1. The van der Waals surface area contributed by atoms with Gasteiger partial charge in [0.1, 0.15) is 12.6 Å². The predicted octanol–water partition coefficient (Wildman–Crippen LogP) is 7.36. The molecule has 0 saturated carbocycles. The van der Waals surface area contributed by atoms with Crippen LogP contribution in [0, 0.1) is 13.8 Å². The second kappa shape index (κ2) is 16.1. The molecule has 1 N–H and O–H groups in total. The molecule has 1 atom stereocenters. The van der Waals surface area contributed by atoms with E-state index in [-0.39, 0.29) is 23.8 Å². The molecule has 0 radical (unpaired) electrons. The van der Waals surface area contributed by atoms with Crippen LogP contribution in [0.1, 0.15) is 42.0 Å². The lowest BCUT2D eigenvalue weighted by molar-refractivity contribution is -0.140. The van der Waals surface area contributed by atoms with Crippen LogP contribution in [0.5, 0.6) is 0 Å². The normalized spacial score (nSPS) is 11.9. The number of hydrogen-bond acceptors (Lipinski definition) is 4. The summed E-state index contributed by atoms with van der Waals surface area (Å²) in [6.07, 6.45) is 1.84. The van der Waals surface area contributed by atoms with E-state index in [9.17, 15) is 18.0 Å². The molecule has 242 valence electrons. The summed E-state index contributed by atoms with van der Waals surface area (Å²) in [5.41, 5.74) is 3.45. The number of nitrogens with one attached hydrogen (secondary N) is 1. The first kappa shape index (κ1) is 35.0. The van der Waals surface area contributed by atoms with Crippen molar-refractivity contribution in [1.29, 1.82) is 0 Å². The van der Waals surface area contributed by atoms with Crippen molar-refractivity contribution >= 4 is 50.7 Å². The number of sulfonamides is 1. The molecule has 4 aromatic carbocycles. The topological polar surface area (TPSA) is 86.8 Å². The number of aryl methyl sites for hydroxylation is 2. The molecule has 1 unspecified atom stereocenters. The van der Waals surface area contributed by atoms with Crippen LogP contribution in [0.25, 0.3) is 0 Å². The van der Waals surface area contributed by atoms with Crippen LogP contribution in [-0.2, 0) is 32.6 Å². The molecule has 2 amide bonds. The lowest BCUT2D eigenvalue weighted by Crippen LogP contribution is -2.53. The van der Waals surface area contributed by atoms with Crippen molar-refractivity contribution in [3.63, 3.8) is 0 Å². The minimum Gasteiger partial charge on any atom is -0.354 e. The van der Waals surface area contributed by atoms with E-state index in [0.717, 1.165) is 33.8 Å². The molecule has 0 bridgehead atoms. The SMILES string of the molecule is CCCCNC(=O)C(Cc1ccccc1)N(Cc1c(Cl)cccc1Cl)C(=O)CN(c1ccc(C)cc1)S(=O)(=O)c1ccc(C)cc1. The fraction of sp³-hybridized carbons (Fsp3) is 0.278. The highest BCUT2D eigenvalue weighted by Crippen LogP contribution is 2.29. The van der Waals surface area contributed by atoms with E-state index in [2.05, 4.69) is 5.32 Å². The summed E-state index contributed by atoms with van der Waals surface area (Å²) in [7, 11) is -4.19. The van der Waals surface area contributed by atoms with Crippen molar-refractivity contribution in [3.8, 4) is 0 Å². The predicted molar refractivity (Wildman–Crippen MR) is 186 cm³/mol. The zero-order valence-corrected chi connectivity index (χ0v) is 28.6. The highest BCUT2D eigenvalue weighted by atomic mass is 35.5. The maximum atomic E-state index is 14.6. The van der Waals surface area contributed by atoms with E-state index in [1.165, 1.54) is 17.0 Å². The summed E-state index contributed by atoms with van der Waals surface area (Å²) in [4.78, 5) is 29.9. The largest absolute Gasteiger partial charge is 0.354 e. The third-order valence-electron chi connectivity index (χ3n) is 7.70. The molecule has 0 heterocycles. The molecule has 0 spiro atoms. The number of carbonyl (C=O) groups excluding carboxylic acids is 2. The molecular formula is C36H39Cl2N3O4S. The van der Waals surface area contributed by atoms with Crippen LogP contribution in [0.3, 0.4) is 0 Å². The van der Waals surface area contributed by atoms with Crippen molar-refractivity contribution in [3.05, 3.63) is 129 Å². The monoisotopic (exact) mass is 679 g/mol. The molecular weight excluding hydrogens is 641 g/mol. The van der Waals surface area contributed by atoms with Gasteiger partial charge in [0.25, 0.3) is 10.0 Å². The van der Waals surface area contributed by atoms with E-state index in [1.807, 2.05) is 51.1 Å². The summed E-state index contributed by atoms with van der Waals surface area (Å²) < 4.78 is 29.4. The van der Waals surface area contributed by atoms with Gasteiger partial charge in [0.15, 0.2) is 0 Å². The van der Waals surface area contributed by atoms with Crippen molar-refractivity contribution in [2.24, 2.45) is 0 Å². The number of halogens is 2. The van der Waals surface area contributed by atoms with Gasteiger partial charge in [-0.3, -0.25) is 13.9 Å². The van der Waals surface area contributed by atoms with Crippen LogP contribution >= 0.6 is 23.2 Å². The molecule has 7 nitrogen and oxygen atoms in total. The summed E-state index contributed by atoms with van der Waals surface area (Å²) in [5, 5.41) is 3.64. The van der Waals surface area contributed by atoms with Gasteiger partial charge in [-0.1, -0.05) is 108 Å². The molecule has 0 fully saturated rings. The van der Waals surface area contributed by atoms with Crippen molar-refractivity contribution in [2.75, 3.05) is 17.4 Å². The molecule has 4 aromatic rings. The average Bonchev–Trinajstić information content (AvgIpc) is 3.04. The van der Waals surface area contributed by atoms with Crippen LogP contribution < -0.4 is 9.62 Å². The maximum Gasteiger partial charge on any atom is 0.264 e. The minimum atomic E-state index is -4.19. The first-order chi connectivity index (χ1) is 22.0. The van der Waals surface area contributed by atoms with Gasteiger partial charge in [0.2, 0.25) is 11.8 Å². The van der Waals surface area contributed by atoms with Crippen LogP contribution in [-0.4, -0.2) is 44.3 Å². The van der Waals surface area contributed by atoms with E-state index >= 15 is 0 Å². The van der Waals surface area contributed by atoms with Gasteiger partial charge in [0, 0.05) is 35.1 Å². The lowest BCUT2D eigenvalue weighted by atomic mass is 10.0. The number of hydrogen-bond donors (Lipinski definition) is 1. The number of nitrogens with zero attached hydrogens (tertiary/aromatic N) is 2. The van der Waals surface area contributed by atoms with E-state index < -0.39 is 28.5 Å². The molecule has 10 heteroatoms. The van der Waals surface area contributed by atoms with Gasteiger partial charge >= 0.3 is 0 Å². The Hall–Kier alpha value is -3.85. The Balaban J connectivity index is 1.82. The summed E-state index contributed by atoms with van der Waals surface area (Å²) in [6, 6.07) is 26.8. The number of unbranched alkanes of at least 4 members (excludes halogenated alkanes) is 1. The Morgan fingerprint density at radius 1 is 0.804 bits per heavy atom. The van der Waals surface area contributed by atoms with Crippen molar-refractivity contribution in [2.45, 2.75) is 57.5 Å². The van der Waals surface area contributed by atoms with E-state index in [4.69, 9.17) is 23.2 Å². The second-order valence-corrected chi connectivity index (χ2v) is 13.9. The van der Waals surface area contributed by atoms with Crippen molar-refractivity contribution < 1.29 is 18.0 Å². The Morgan fingerprint density at radius 2 is 1.39 bits per heavy atom. The Kier molecular flexibility index (Phi) is 12.3. The zero-order chi connectivity index (χ0) is 33.3. The lowest BCUT2D eigenvalue weighted by Gasteiger charge is -2.34. The third-order valence-corrected chi connectivity index (χ3v) is 10.2. The number of amides is 2. The average molecular weight is 681 g/mol. The number of rotatable bonds is 14. The summed E-state index contributed by atoms with van der Waals surface area (Å²) >= 11 is 13.2. The second-order valence-electron chi connectivity index (χ2n) is 11.2.